The van der Waals surface area contributed by atoms with Crippen molar-refractivity contribution in [3.8, 4) is 0 Å². The van der Waals surface area contributed by atoms with Crippen LogP contribution in [0.25, 0.3) is 0 Å². The minimum Gasteiger partial charge on any atom is -0.315 e. The lowest BCUT2D eigenvalue weighted by Crippen LogP contribution is -2.37. The lowest BCUT2D eigenvalue weighted by atomic mass is 9.90. The summed E-state index contributed by atoms with van der Waals surface area (Å²) in [7, 11) is 1.84. The van der Waals surface area contributed by atoms with Crippen LogP contribution in [0, 0.1) is 5.92 Å². The molecule has 0 spiro atoms. The number of carbonyl (C=O) groups excluding carboxylic acids is 2. The lowest BCUT2D eigenvalue weighted by molar-refractivity contribution is -0.132. The van der Waals surface area contributed by atoms with Crippen LogP contribution in [-0.4, -0.2) is 36.1 Å². The zero-order valence-electron chi connectivity index (χ0n) is 23.2. The zero-order valence-corrected chi connectivity index (χ0v) is 23.2. The van der Waals surface area contributed by atoms with Gasteiger partial charge in [0.15, 0.2) is 0 Å². The first kappa shape index (κ1) is 28.4. The number of fused-ring (bicyclic) bond motifs is 1. The van der Waals surface area contributed by atoms with E-state index in [9.17, 15) is 9.59 Å². The van der Waals surface area contributed by atoms with Crippen LogP contribution >= 0.6 is 0 Å². The van der Waals surface area contributed by atoms with Gasteiger partial charge < -0.3 is 4.90 Å². The molecule has 1 aromatic rings. The van der Waals surface area contributed by atoms with Gasteiger partial charge in [-0.1, -0.05) is 103 Å². The summed E-state index contributed by atoms with van der Waals surface area (Å²) in [6.07, 6.45) is 20.5. The number of hydrazone groups is 1. The summed E-state index contributed by atoms with van der Waals surface area (Å²) in [5, 5.41) is 6.53. The predicted molar refractivity (Wildman–Crippen MR) is 151 cm³/mol. The maximum absolute atomic E-state index is 12.6. The third-order valence-electron chi connectivity index (χ3n) is 7.91. The molecule has 0 N–H and O–H groups in total. The summed E-state index contributed by atoms with van der Waals surface area (Å²) in [4.78, 5) is 26.4. The summed E-state index contributed by atoms with van der Waals surface area (Å²) < 4.78 is 0. The molecule has 0 aliphatic carbocycles. The number of rotatable bonds is 16. The molecule has 5 nitrogen and oxygen atoms in total. The van der Waals surface area contributed by atoms with Gasteiger partial charge in [0.1, 0.15) is 0 Å². The molecule has 200 valence electrons. The number of hydrogen-bond donors (Lipinski definition) is 0. The summed E-state index contributed by atoms with van der Waals surface area (Å²) in [5.74, 6) is 0.430. The molecule has 5 heteroatoms. The Kier molecular flexibility index (Phi) is 12.0. The highest BCUT2D eigenvalue weighted by atomic mass is 16.2. The van der Waals surface area contributed by atoms with Gasteiger partial charge in [0, 0.05) is 38.0 Å². The van der Waals surface area contributed by atoms with Crippen LogP contribution < -0.4 is 4.90 Å². The molecular formula is C31H49N3O2. The van der Waals surface area contributed by atoms with Gasteiger partial charge >= 0.3 is 0 Å². The quantitative estimate of drug-likeness (QED) is 0.221. The van der Waals surface area contributed by atoms with Crippen molar-refractivity contribution in [3.05, 3.63) is 29.3 Å². The second-order valence-electron chi connectivity index (χ2n) is 11.0. The fourth-order valence-corrected chi connectivity index (χ4v) is 5.54. The Morgan fingerprint density at radius 2 is 1.39 bits per heavy atom. The average molecular weight is 496 g/mol. The molecule has 0 aromatic heterocycles. The Bertz CT molecular complexity index is 879. The first-order chi connectivity index (χ1) is 17.5. The molecule has 0 saturated carbocycles. The van der Waals surface area contributed by atoms with Gasteiger partial charge in [-0.3, -0.25) is 9.59 Å². The number of hydrogen-bond acceptors (Lipinski definition) is 3. The van der Waals surface area contributed by atoms with E-state index in [1.807, 2.05) is 13.1 Å². The third kappa shape index (κ3) is 8.45. The number of aryl methyl sites for hydroxylation is 1. The largest absolute Gasteiger partial charge is 0.315 e. The number of nitrogens with zero attached hydrogens (tertiary/aromatic N) is 3. The highest BCUT2D eigenvalue weighted by Gasteiger charge is 2.28. The molecule has 36 heavy (non-hydrogen) atoms. The van der Waals surface area contributed by atoms with Gasteiger partial charge in [-0.15, -0.1) is 0 Å². The predicted octanol–water partition coefficient (Wildman–Crippen LogP) is 7.65. The Hall–Kier alpha value is -2.17. The Labute approximate surface area is 219 Å². The van der Waals surface area contributed by atoms with Crippen molar-refractivity contribution in [3.63, 3.8) is 0 Å². The number of benzene rings is 1. The van der Waals surface area contributed by atoms with E-state index in [0.29, 0.717) is 12.8 Å². The van der Waals surface area contributed by atoms with Crippen LogP contribution in [0.15, 0.2) is 23.3 Å². The van der Waals surface area contributed by atoms with Gasteiger partial charge in [-0.25, -0.2) is 5.01 Å². The van der Waals surface area contributed by atoms with Crippen molar-refractivity contribution in [2.45, 2.75) is 123 Å². The molecule has 1 aromatic carbocycles. The lowest BCUT2D eigenvalue weighted by Gasteiger charge is -2.29. The van der Waals surface area contributed by atoms with E-state index in [2.05, 4.69) is 26.0 Å². The van der Waals surface area contributed by atoms with Gasteiger partial charge in [0.05, 0.1) is 5.71 Å². The fourth-order valence-electron chi connectivity index (χ4n) is 5.54. The fraction of sp³-hybridized carbons (Fsp3) is 0.710. The molecule has 0 radical (unpaired) electrons. The van der Waals surface area contributed by atoms with Crippen LogP contribution in [-0.2, 0) is 16.0 Å². The smallest absolute Gasteiger partial charge is 0.243 e. The van der Waals surface area contributed by atoms with E-state index in [1.165, 1.54) is 89.0 Å². The topological polar surface area (TPSA) is 53.0 Å². The van der Waals surface area contributed by atoms with Crippen molar-refractivity contribution in [2.75, 3.05) is 18.5 Å². The molecule has 2 heterocycles. The van der Waals surface area contributed by atoms with E-state index in [-0.39, 0.29) is 17.7 Å². The zero-order chi connectivity index (χ0) is 25.8. The van der Waals surface area contributed by atoms with Crippen molar-refractivity contribution in [1.82, 2.24) is 5.01 Å². The SMILES string of the molecule is CCCCCCCCCCCCCCCCN1N=C(c2ccc3c(c2)CCC(=O)N3C)C(C)CC1=O. The molecule has 2 aliphatic heterocycles. The van der Waals surface area contributed by atoms with Crippen LogP contribution in [0.1, 0.15) is 128 Å². The van der Waals surface area contributed by atoms with Crippen molar-refractivity contribution in [2.24, 2.45) is 11.0 Å². The molecule has 1 unspecified atom stereocenters. The van der Waals surface area contributed by atoms with E-state index < -0.39 is 0 Å². The summed E-state index contributed by atoms with van der Waals surface area (Å²) in [6.45, 7) is 5.09. The molecule has 0 bridgehead atoms. The third-order valence-corrected chi connectivity index (χ3v) is 7.91. The van der Waals surface area contributed by atoms with E-state index in [1.54, 1.807) is 9.91 Å². The molecule has 2 aliphatic rings. The number of carbonyl (C=O) groups is 2. The first-order valence-electron chi connectivity index (χ1n) is 14.8. The van der Waals surface area contributed by atoms with Crippen LogP contribution in [0.2, 0.25) is 0 Å². The number of anilines is 1. The molecule has 0 fully saturated rings. The summed E-state index contributed by atoms with van der Waals surface area (Å²) in [6, 6.07) is 6.27. The maximum atomic E-state index is 12.6. The highest BCUT2D eigenvalue weighted by molar-refractivity contribution is 6.06. The molecule has 1 atom stereocenters. The molecular weight excluding hydrogens is 446 g/mol. The normalized spacial score (nSPS) is 18.0. The van der Waals surface area contributed by atoms with Gasteiger partial charge in [-0.2, -0.15) is 5.10 Å². The Morgan fingerprint density at radius 1 is 0.806 bits per heavy atom. The van der Waals surface area contributed by atoms with Crippen LogP contribution in [0.5, 0.6) is 0 Å². The second-order valence-corrected chi connectivity index (χ2v) is 11.0. The van der Waals surface area contributed by atoms with E-state index in [0.717, 1.165) is 36.3 Å². The Morgan fingerprint density at radius 3 is 2.00 bits per heavy atom. The van der Waals surface area contributed by atoms with Crippen molar-refractivity contribution < 1.29 is 9.59 Å². The van der Waals surface area contributed by atoms with Crippen LogP contribution in [0.3, 0.4) is 0 Å². The van der Waals surface area contributed by atoms with Gasteiger partial charge in [0.2, 0.25) is 11.8 Å². The van der Waals surface area contributed by atoms with Crippen molar-refractivity contribution in [1.29, 1.82) is 0 Å². The summed E-state index contributed by atoms with van der Waals surface area (Å²) >= 11 is 0. The first-order valence-corrected chi connectivity index (χ1v) is 14.8. The highest BCUT2D eigenvalue weighted by Crippen LogP contribution is 2.30. The van der Waals surface area contributed by atoms with Crippen molar-refractivity contribution >= 4 is 23.2 Å². The minimum absolute atomic E-state index is 0.117. The molecule has 2 amide bonds. The Balaban J connectivity index is 1.36. The monoisotopic (exact) mass is 495 g/mol. The number of amides is 2. The van der Waals surface area contributed by atoms with Gasteiger partial charge in [0.25, 0.3) is 0 Å². The van der Waals surface area contributed by atoms with Crippen LogP contribution in [0.4, 0.5) is 5.69 Å². The average Bonchev–Trinajstić information content (AvgIpc) is 2.87. The molecule has 0 saturated heterocycles. The summed E-state index contributed by atoms with van der Waals surface area (Å²) in [5.41, 5.74) is 4.28. The minimum atomic E-state index is 0.117. The van der Waals surface area contributed by atoms with E-state index in [4.69, 9.17) is 5.10 Å². The van der Waals surface area contributed by atoms with E-state index >= 15 is 0 Å². The standard InChI is InChI=1S/C31H49N3O2/c1-4-5-6-7-8-9-10-11-12-13-14-15-16-17-22-34-30(36)23-25(2)31(32-34)27-18-20-28-26(24-27)19-21-29(35)33(28)3/h18,20,24-25H,4-17,19,21-23H2,1-3H3. The second kappa shape index (κ2) is 15.2. The molecule has 3 rings (SSSR count). The number of unbranched alkanes of at least 4 members (excludes halogenated alkanes) is 13. The van der Waals surface area contributed by atoms with Gasteiger partial charge in [-0.05, 0) is 36.1 Å². The maximum Gasteiger partial charge on any atom is 0.243 e.